The maximum Gasteiger partial charge on any atom is 0.222 e. The highest BCUT2D eigenvalue weighted by Crippen LogP contribution is 2.31. The first kappa shape index (κ1) is 13.1. The van der Waals surface area contributed by atoms with E-state index in [2.05, 4.69) is 5.32 Å². The van der Waals surface area contributed by atoms with Crippen molar-refractivity contribution in [3.63, 3.8) is 0 Å². The predicted octanol–water partition coefficient (Wildman–Crippen LogP) is 0.888. The molecule has 4 N–H and O–H groups in total. The zero-order valence-electron chi connectivity index (χ0n) is 10.8. The Labute approximate surface area is 107 Å². The number of carbonyl (C=O) groups excluding carboxylic acids is 1. The highest BCUT2D eigenvalue weighted by molar-refractivity contribution is 5.78. The lowest BCUT2D eigenvalue weighted by molar-refractivity contribution is -0.123. The maximum absolute atomic E-state index is 11.9. The van der Waals surface area contributed by atoms with Gasteiger partial charge in [-0.1, -0.05) is 24.3 Å². The Morgan fingerprint density at radius 1 is 1.50 bits per heavy atom. The van der Waals surface area contributed by atoms with Gasteiger partial charge in [-0.2, -0.15) is 0 Å². The van der Waals surface area contributed by atoms with Gasteiger partial charge in [0.25, 0.3) is 0 Å². The molecule has 0 aliphatic heterocycles. The molecule has 2 rings (SSSR count). The van der Waals surface area contributed by atoms with Crippen molar-refractivity contribution in [3.05, 3.63) is 35.4 Å². The van der Waals surface area contributed by atoms with Gasteiger partial charge in [-0.05, 0) is 25.0 Å². The van der Waals surface area contributed by atoms with Crippen LogP contribution in [-0.2, 0) is 11.2 Å². The van der Waals surface area contributed by atoms with Gasteiger partial charge in [0.1, 0.15) is 0 Å². The van der Waals surface area contributed by atoms with Crippen LogP contribution >= 0.6 is 0 Å². The van der Waals surface area contributed by atoms with Crippen LogP contribution in [0, 0.1) is 0 Å². The lowest BCUT2D eigenvalue weighted by Crippen LogP contribution is -2.41. The third kappa shape index (κ3) is 2.89. The first-order valence-corrected chi connectivity index (χ1v) is 6.21. The molecule has 2 atom stereocenters. The minimum Gasteiger partial charge on any atom is -0.390 e. The van der Waals surface area contributed by atoms with E-state index in [0.717, 1.165) is 11.1 Å². The van der Waals surface area contributed by atoms with E-state index in [1.165, 1.54) is 0 Å². The molecule has 1 amide bonds. The second-order valence-electron chi connectivity index (χ2n) is 5.68. The van der Waals surface area contributed by atoms with Gasteiger partial charge in [0.15, 0.2) is 0 Å². The molecule has 4 heteroatoms. The standard InChI is InChI=1S/C14H20N2O2/c1-14(2,15)8-12(18)16-13-10-6-4-3-5-9(10)7-11(13)17/h3-6,11,13,17H,7-8,15H2,1-2H3,(H,16,18)/t11-,13+/m0/s1. The Kier molecular flexibility index (Phi) is 3.41. The Balaban J connectivity index is 2.08. The molecule has 0 saturated heterocycles. The second kappa shape index (κ2) is 4.71. The first-order chi connectivity index (χ1) is 8.37. The Hall–Kier alpha value is -1.39. The molecule has 0 saturated carbocycles. The molecule has 18 heavy (non-hydrogen) atoms. The van der Waals surface area contributed by atoms with Crippen LogP contribution in [0.1, 0.15) is 37.4 Å². The van der Waals surface area contributed by atoms with Crippen LogP contribution in [0.5, 0.6) is 0 Å². The highest BCUT2D eigenvalue weighted by atomic mass is 16.3. The Morgan fingerprint density at radius 2 is 2.17 bits per heavy atom. The zero-order chi connectivity index (χ0) is 13.3. The van der Waals surface area contributed by atoms with Gasteiger partial charge in [-0.3, -0.25) is 4.79 Å². The van der Waals surface area contributed by atoms with Crippen LogP contribution in [0.25, 0.3) is 0 Å². The molecule has 1 aromatic carbocycles. The summed E-state index contributed by atoms with van der Waals surface area (Å²) in [4.78, 5) is 11.9. The van der Waals surface area contributed by atoms with E-state index in [9.17, 15) is 9.90 Å². The van der Waals surface area contributed by atoms with E-state index in [0.29, 0.717) is 6.42 Å². The van der Waals surface area contributed by atoms with Gasteiger partial charge in [0.2, 0.25) is 5.91 Å². The molecule has 1 aliphatic rings. The Morgan fingerprint density at radius 3 is 2.83 bits per heavy atom. The van der Waals surface area contributed by atoms with Crippen molar-refractivity contribution in [2.45, 2.75) is 44.4 Å². The molecule has 0 bridgehead atoms. The van der Waals surface area contributed by atoms with Crippen LogP contribution in [0.2, 0.25) is 0 Å². The average Bonchev–Trinajstić information content (AvgIpc) is 2.53. The van der Waals surface area contributed by atoms with Gasteiger partial charge in [-0.15, -0.1) is 0 Å². The molecule has 98 valence electrons. The molecule has 4 nitrogen and oxygen atoms in total. The van der Waals surface area contributed by atoms with Gasteiger partial charge < -0.3 is 16.2 Å². The normalized spacial score (nSPS) is 22.7. The second-order valence-corrected chi connectivity index (χ2v) is 5.68. The van der Waals surface area contributed by atoms with Gasteiger partial charge in [0, 0.05) is 18.4 Å². The summed E-state index contributed by atoms with van der Waals surface area (Å²) in [7, 11) is 0. The minimum atomic E-state index is -0.549. The molecule has 0 heterocycles. The highest BCUT2D eigenvalue weighted by Gasteiger charge is 2.32. The summed E-state index contributed by atoms with van der Waals surface area (Å²) in [6, 6.07) is 7.49. The number of hydrogen-bond donors (Lipinski definition) is 3. The maximum atomic E-state index is 11.9. The summed E-state index contributed by atoms with van der Waals surface area (Å²) >= 11 is 0. The molecule has 1 aromatic rings. The number of aliphatic hydroxyl groups excluding tert-OH is 1. The first-order valence-electron chi connectivity index (χ1n) is 6.21. The third-order valence-corrected chi connectivity index (χ3v) is 3.14. The van der Waals surface area contributed by atoms with E-state index in [-0.39, 0.29) is 18.4 Å². The zero-order valence-corrected chi connectivity index (χ0v) is 10.8. The number of hydrogen-bond acceptors (Lipinski definition) is 3. The van der Waals surface area contributed by atoms with Crippen molar-refractivity contribution in [1.29, 1.82) is 0 Å². The van der Waals surface area contributed by atoms with Crippen molar-refractivity contribution in [2.75, 3.05) is 0 Å². The number of nitrogens with one attached hydrogen (secondary N) is 1. The van der Waals surface area contributed by atoms with Crippen molar-refractivity contribution >= 4 is 5.91 Å². The number of carbonyl (C=O) groups is 1. The van der Waals surface area contributed by atoms with E-state index >= 15 is 0 Å². The largest absolute Gasteiger partial charge is 0.390 e. The number of aliphatic hydroxyl groups is 1. The van der Waals surface area contributed by atoms with E-state index < -0.39 is 11.6 Å². The summed E-state index contributed by atoms with van der Waals surface area (Å²) in [5.74, 6) is -0.122. The van der Waals surface area contributed by atoms with E-state index in [1.54, 1.807) is 0 Å². The smallest absolute Gasteiger partial charge is 0.222 e. The molecule has 1 aliphatic carbocycles. The SMILES string of the molecule is CC(C)(N)CC(=O)N[C@@H]1c2ccccc2C[C@@H]1O. The fourth-order valence-corrected chi connectivity index (χ4v) is 2.39. The fraction of sp³-hybridized carbons (Fsp3) is 0.500. The number of nitrogens with two attached hydrogens (primary N) is 1. The van der Waals surface area contributed by atoms with Gasteiger partial charge in [-0.25, -0.2) is 0 Å². The predicted molar refractivity (Wildman–Crippen MR) is 69.9 cm³/mol. The fourth-order valence-electron chi connectivity index (χ4n) is 2.39. The van der Waals surface area contributed by atoms with Crippen LogP contribution in [-0.4, -0.2) is 22.7 Å². The average molecular weight is 248 g/mol. The topological polar surface area (TPSA) is 75.4 Å². The number of amides is 1. The molecule has 0 aromatic heterocycles. The molecular weight excluding hydrogens is 228 g/mol. The van der Waals surface area contributed by atoms with Crippen molar-refractivity contribution in [3.8, 4) is 0 Å². The molecule has 0 unspecified atom stereocenters. The van der Waals surface area contributed by atoms with Crippen molar-refractivity contribution in [1.82, 2.24) is 5.32 Å². The van der Waals surface area contributed by atoms with Gasteiger partial charge >= 0.3 is 0 Å². The summed E-state index contributed by atoms with van der Waals surface area (Å²) in [5, 5.41) is 12.9. The molecular formula is C14H20N2O2. The van der Waals surface area contributed by atoms with Crippen molar-refractivity contribution < 1.29 is 9.90 Å². The minimum absolute atomic E-state index is 0.122. The van der Waals surface area contributed by atoms with Crippen molar-refractivity contribution in [2.24, 2.45) is 5.73 Å². The summed E-state index contributed by atoms with van der Waals surface area (Å²) in [6.07, 6.45) is 0.290. The van der Waals surface area contributed by atoms with Crippen LogP contribution in [0.4, 0.5) is 0 Å². The van der Waals surface area contributed by atoms with Crippen LogP contribution < -0.4 is 11.1 Å². The van der Waals surface area contributed by atoms with Crippen LogP contribution in [0.3, 0.4) is 0 Å². The molecule has 0 radical (unpaired) electrons. The summed E-state index contributed by atoms with van der Waals surface area (Å²) in [5.41, 5.74) is 7.39. The number of benzene rings is 1. The number of fused-ring (bicyclic) bond motifs is 1. The number of rotatable bonds is 3. The lowest BCUT2D eigenvalue weighted by atomic mass is 10.0. The van der Waals surface area contributed by atoms with E-state index in [1.807, 2.05) is 38.1 Å². The van der Waals surface area contributed by atoms with E-state index in [4.69, 9.17) is 5.73 Å². The third-order valence-electron chi connectivity index (χ3n) is 3.14. The molecule has 0 fully saturated rings. The Bertz CT molecular complexity index is 451. The molecule has 0 spiro atoms. The monoisotopic (exact) mass is 248 g/mol. The van der Waals surface area contributed by atoms with Crippen LogP contribution in [0.15, 0.2) is 24.3 Å². The quantitative estimate of drug-likeness (QED) is 0.743. The van der Waals surface area contributed by atoms with Gasteiger partial charge in [0.05, 0.1) is 12.1 Å². The lowest BCUT2D eigenvalue weighted by Gasteiger charge is -2.22. The summed E-state index contributed by atoms with van der Waals surface area (Å²) < 4.78 is 0. The summed E-state index contributed by atoms with van der Waals surface area (Å²) in [6.45, 7) is 3.62.